The second kappa shape index (κ2) is 4.14. The Balaban J connectivity index is 2.59. The van der Waals surface area contributed by atoms with Gasteiger partial charge in [-0.15, -0.1) is 0 Å². The van der Waals surface area contributed by atoms with Crippen molar-refractivity contribution in [2.75, 3.05) is 0 Å². The molecule has 0 unspecified atom stereocenters. The average Bonchev–Trinajstić information content (AvgIpc) is 2.66. The van der Waals surface area contributed by atoms with E-state index in [1.54, 1.807) is 0 Å². The smallest absolute Gasteiger partial charge is 0.132 e. The van der Waals surface area contributed by atoms with Crippen LogP contribution in [0.3, 0.4) is 0 Å². The zero-order valence-electron chi connectivity index (χ0n) is 8.56. The third-order valence-electron chi connectivity index (χ3n) is 3.16. The standard InChI is InChI=1S/C12H10BrF2N/c13-9-5-8(14)6-10(15)11(9)12(7-16)3-1-2-4-12/h5-6H,1-4H2. The van der Waals surface area contributed by atoms with E-state index in [1.807, 2.05) is 0 Å². The van der Waals surface area contributed by atoms with Gasteiger partial charge < -0.3 is 0 Å². The zero-order chi connectivity index (χ0) is 11.8. The molecule has 1 fully saturated rings. The molecule has 0 spiro atoms. The summed E-state index contributed by atoms with van der Waals surface area (Å²) in [6, 6.07) is 4.27. The van der Waals surface area contributed by atoms with Gasteiger partial charge in [0.1, 0.15) is 11.6 Å². The molecular formula is C12H10BrF2N. The van der Waals surface area contributed by atoms with E-state index >= 15 is 0 Å². The van der Waals surface area contributed by atoms with Crippen molar-refractivity contribution in [3.8, 4) is 6.07 Å². The van der Waals surface area contributed by atoms with Gasteiger partial charge in [-0.3, -0.25) is 0 Å². The molecule has 0 radical (unpaired) electrons. The molecule has 0 heterocycles. The first-order valence-electron chi connectivity index (χ1n) is 5.15. The quantitative estimate of drug-likeness (QED) is 0.763. The van der Waals surface area contributed by atoms with Gasteiger partial charge in [0.25, 0.3) is 0 Å². The Labute approximate surface area is 101 Å². The fraction of sp³-hybridized carbons (Fsp3) is 0.417. The average molecular weight is 286 g/mol. The van der Waals surface area contributed by atoms with Crippen LogP contribution in [0.15, 0.2) is 16.6 Å². The maximum absolute atomic E-state index is 13.8. The Bertz CT molecular complexity index is 436. The monoisotopic (exact) mass is 285 g/mol. The van der Waals surface area contributed by atoms with Crippen LogP contribution in [0.5, 0.6) is 0 Å². The summed E-state index contributed by atoms with van der Waals surface area (Å²) < 4.78 is 27.1. The molecule has 1 saturated carbocycles. The first-order valence-corrected chi connectivity index (χ1v) is 5.95. The predicted molar refractivity (Wildman–Crippen MR) is 59.8 cm³/mol. The van der Waals surface area contributed by atoms with Crippen molar-refractivity contribution in [3.05, 3.63) is 33.8 Å². The molecule has 0 atom stereocenters. The first kappa shape index (κ1) is 11.5. The van der Waals surface area contributed by atoms with Crippen LogP contribution in [0.4, 0.5) is 8.78 Å². The molecular weight excluding hydrogens is 276 g/mol. The van der Waals surface area contributed by atoms with Gasteiger partial charge >= 0.3 is 0 Å². The number of rotatable bonds is 1. The van der Waals surface area contributed by atoms with E-state index in [1.165, 1.54) is 6.07 Å². The SMILES string of the molecule is N#CC1(c2c(F)cc(F)cc2Br)CCCC1. The molecule has 0 amide bonds. The molecule has 1 aliphatic rings. The van der Waals surface area contributed by atoms with Crippen LogP contribution in [0.1, 0.15) is 31.2 Å². The fourth-order valence-electron chi connectivity index (χ4n) is 2.40. The topological polar surface area (TPSA) is 23.8 Å². The van der Waals surface area contributed by atoms with Gasteiger partial charge in [0.15, 0.2) is 0 Å². The van der Waals surface area contributed by atoms with Crippen molar-refractivity contribution in [1.29, 1.82) is 5.26 Å². The minimum absolute atomic E-state index is 0.314. The number of nitriles is 1. The highest BCUT2D eigenvalue weighted by Gasteiger charge is 2.39. The fourth-order valence-corrected chi connectivity index (χ4v) is 3.18. The number of hydrogen-bond acceptors (Lipinski definition) is 1. The van der Waals surface area contributed by atoms with Crippen LogP contribution >= 0.6 is 15.9 Å². The van der Waals surface area contributed by atoms with Gasteiger partial charge in [0, 0.05) is 16.1 Å². The molecule has 0 N–H and O–H groups in total. The third-order valence-corrected chi connectivity index (χ3v) is 3.78. The van der Waals surface area contributed by atoms with Crippen molar-refractivity contribution < 1.29 is 8.78 Å². The van der Waals surface area contributed by atoms with E-state index in [-0.39, 0.29) is 0 Å². The summed E-state index contributed by atoms with van der Waals surface area (Å²) in [5, 5.41) is 9.26. The van der Waals surface area contributed by atoms with Crippen LogP contribution < -0.4 is 0 Å². The van der Waals surface area contributed by atoms with E-state index in [2.05, 4.69) is 22.0 Å². The van der Waals surface area contributed by atoms with E-state index in [4.69, 9.17) is 0 Å². The van der Waals surface area contributed by atoms with Crippen LogP contribution in [-0.4, -0.2) is 0 Å². The maximum atomic E-state index is 13.8. The second-order valence-electron chi connectivity index (χ2n) is 4.15. The Hall–Kier alpha value is -0.950. The third kappa shape index (κ3) is 1.73. The number of nitrogens with zero attached hydrogens (tertiary/aromatic N) is 1. The molecule has 0 bridgehead atoms. The summed E-state index contributed by atoms with van der Waals surface area (Å²) in [4.78, 5) is 0. The lowest BCUT2D eigenvalue weighted by Gasteiger charge is -2.22. The highest BCUT2D eigenvalue weighted by molar-refractivity contribution is 9.10. The minimum Gasteiger partial charge on any atom is -0.207 e. The van der Waals surface area contributed by atoms with Crippen molar-refractivity contribution >= 4 is 15.9 Å². The van der Waals surface area contributed by atoms with Gasteiger partial charge in [-0.05, 0) is 18.9 Å². The maximum Gasteiger partial charge on any atom is 0.132 e. The Morgan fingerprint density at radius 1 is 1.25 bits per heavy atom. The molecule has 0 aromatic heterocycles. The van der Waals surface area contributed by atoms with Gasteiger partial charge in [-0.1, -0.05) is 28.8 Å². The Morgan fingerprint density at radius 2 is 1.88 bits per heavy atom. The molecule has 1 aliphatic carbocycles. The molecule has 1 aromatic carbocycles. The summed E-state index contributed by atoms with van der Waals surface area (Å²) >= 11 is 3.15. The molecule has 2 rings (SSSR count). The number of benzene rings is 1. The van der Waals surface area contributed by atoms with Gasteiger partial charge in [0.2, 0.25) is 0 Å². The molecule has 16 heavy (non-hydrogen) atoms. The largest absolute Gasteiger partial charge is 0.207 e. The lowest BCUT2D eigenvalue weighted by atomic mass is 9.80. The van der Waals surface area contributed by atoms with E-state index in [9.17, 15) is 14.0 Å². The first-order chi connectivity index (χ1) is 7.59. The van der Waals surface area contributed by atoms with E-state index in [0.29, 0.717) is 22.9 Å². The van der Waals surface area contributed by atoms with Crippen LogP contribution in [0.2, 0.25) is 0 Å². The molecule has 0 aliphatic heterocycles. The Kier molecular flexibility index (Phi) is 2.98. The Morgan fingerprint density at radius 3 is 2.38 bits per heavy atom. The predicted octanol–water partition coefficient (Wildman–Crippen LogP) is 4.06. The summed E-state index contributed by atoms with van der Waals surface area (Å²) in [6.07, 6.45) is 3.11. The van der Waals surface area contributed by atoms with Crippen LogP contribution in [0.25, 0.3) is 0 Å². The lowest BCUT2D eigenvalue weighted by Crippen LogP contribution is -2.22. The van der Waals surface area contributed by atoms with E-state index in [0.717, 1.165) is 18.9 Å². The summed E-state index contributed by atoms with van der Waals surface area (Å²) in [5.74, 6) is -1.26. The van der Waals surface area contributed by atoms with Crippen LogP contribution in [-0.2, 0) is 5.41 Å². The highest BCUT2D eigenvalue weighted by Crippen LogP contribution is 2.44. The number of hydrogen-bond donors (Lipinski definition) is 0. The highest BCUT2D eigenvalue weighted by atomic mass is 79.9. The van der Waals surface area contributed by atoms with Crippen molar-refractivity contribution in [3.63, 3.8) is 0 Å². The zero-order valence-corrected chi connectivity index (χ0v) is 10.2. The van der Waals surface area contributed by atoms with Crippen molar-refractivity contribution in [2.24, 2.45) is 0 Å². The van der Waals surface area contributed by atoms with Gasteiger partial charge in [-0.2, -0.15) is 5.26 Å². The molecule has 1 aromatic rings. The minimum atomic E-state index is -0.781. The molecule has 0 saturated heterocycles. The lowest BCUT2D eigenvalue weighted by molar-refractivity contribution is 0.502. The normalized spacial score (nSPS) is 18.4. The van der Waals surface area contributed by atoms with Gasteiger partial charge in [0.05, 0.1) is 11.5 Å². The van der Waals surface area contributed by atoms with Gasteiger partial charge in [-0.25, -0.2) is 8.78 Å². The summed E-state index contributed by atoms with van der Waals surface area (Å²) in [5.41, 5.74) is -0.467. The molecule has 1 nitrogen and oxygen atoms in total. The summed E-state index contributed by atoms with van der Waals surface area (Å²) in [7, 11) is 0. The summed E-state index contributed by atoms with van der Waals surface area (Å²) in [6.45, 7) is 0. The molecule has 4 heteroatoms. The number of halogens is 3. The van der Waals surface area contributed by atoms with Crippen molar-refractivity contribution in [1.82, 2.24) is 0 Å². The van der Waals surface area contributed by atoms with E-state index < -0.39 is 17.0 Å². The van der Waals surface area contributed by atoms with Crippen molar-refractivity contribution in [2.45, 2.75) is 31.1 Å². The second-order valence-corrected chi connectivity index (χ2v) is 5.00. The molecule has 84 valence electrons. The van der Waals surface area contributed by atoms with Crippen LogP contribution in [0, 0.1) is 23.0 Å².